The predicted molar refractivity (Wildman–Crippen MR) is 104 cm³/mol. The van der Waals surface area contributed by atoms with Crippen molar-refractivity contribution in [1.82, 2.24) is 0 Å². The lowest BCUT2D eigenvalue weighted by molar-refractivity contribution is -0.384. The molecule has 0 unspecified atom stereocenters. The number of ether oxygens (including phenoxy) is 2. The van der Waals surface area contributed by atoms with Crippen LogP contribution in [-0.2, 0) is 22.4 Å². The molecule has 0 saturated heterocycles. The summed E-state index contributed by atoms with van der Waals surface area (Å²) in [6, 6.07) is 5.69. The lowest BCUT2D eigenvalue weighted by atomic mass is 9.99. The molecule has 0 saturated carbocycles. The number of aryl methyl sites for hydroxylation is 2. The quantitative estimate of drug-likeness (QED) is 0.446. The molecule has 2 aromatic rings. The Labute approximate surface area is 165 Å². The maximum atomic E-state index is 12.4. The van der Waals surface area contributed by atoms with Gasteiger partial charge in [-0.25, -0.2) is 4.79 Å². The number of amides is 1. The highest BCUT2D eigenvalue weighted by Crippen LogP contribution is 2.31. The maximum absolute atomic E-state index is 12.4. The van der Waals surface area contributed by atoms with E-state index in [9.17, 15) is 19.7 Å². The summed E-state index contributed by atoms with van der Waals surface area (Å²) in [5, 5.41) is 13.4. The Bertz CT molecular complexity index is 900. The zero-order chi connectivity index (χ0) is 20.3. The molecule has 1 aromatic heterocycles. The van der Waals surface area contributed by atoms with Gasteiger partial charge in [-0.1, -0.05) is 0 Å². The molecule has 28 heavy (non-hydrogen) atoms. The highest BCUT2D eigenvalue weighted by molar-refractivity contribution is 7.14. The summed E-state index contributed by atoms with van der Waals surface area (Å²) in [4.78, 5) is 36.8. The number of thiophene rings is 1. The molecule has 3 rings (SSSR count). The molecule has 0 radical (unpaired) electrons. The van der Waals surface area contributed by atoms with E-state index in [1.54, 1.807) is 0 Å². The second-order valence-corrected chi connectivity index (χ2v) is 7.58. The number of methoxy groups -OCH3 is 1. The molecule has 1 atom stereocenters. The number of carbonyl (C=O) groups excluding carboxylic acids is 2. The molecule has 1 heterocycles. The van der Waals surface area contributed by atoms with Crippen LogP contribution < -0.4 is 10.1 Å². The smallest absolute Gasteiger partial charge is 0.349 e. The van der Waals surface area contributed by atoms with Gasteiger partial charge in [0, 0.05) is 10.9 Å². The van der Waals surface area contributed by atoms with Gasteiger partial charge in [0.2, 0.25) is 0 Å². The van der Waals surface area contributed by atoms with Gasteiger partial charge in [0.15, 0.2) is 6.10 Å². The number of hydrogen-bond acceptors (Lipinski definition) is 7. The zero-order valence-electron chi connectivity index (χ0n) is 15.5. The molecule has 0 aliphatic heterocycles. The van der Waals surface area contributed by atoms with Gasteiger partial charge >= 0.3 is 5.97 Å². The molecule has 0 spiro atoms. The summed E-state index contributed by atoms with van der Waals surface area (Å²) >= 11 is 1.42. The molecule has 1 amide bonds. The monoisotopic (exact) mass is 404 g/mol. The van der Waals surface area contributed by atoms with Crippen LogP contribution in [0.1, 0.15) is 39.9 Å². The van der Waals surface area contributed by atoms with Crippen LogP contribution in [0.15, 0.2) is 24.3 Å². The van der Waals surface area contributed by atoms with Crippen molar-refractivity contribution in [3.8, 4) is 5.75 Å². The van der Waals surface area contributed by atoms with E-state index in [0.29, 0.717) is 4.88 Å². The SMILES string of the molecule is COc1cc([N+](=O)[O-])ccc1NC(=O)[C@H](C)OC(=O)c1cc2c(s1)CCCC2. The summed E-state index contributed by atoms with van der Waals surface area (Å²) < 4.78 is 10.4. The van der Waals surface area contributed by atoms with Gasteiger partial charge in [-0.15, -0.1) is 11.3 Å². The summed E-state index contributed by atoms with van der Waals surface area (Å²) in [5.41, 5.74) is 1.29. The number of fused-ring (bicyclic) bond motifs is 1. The lowest BCUT2D eigenvalue weighted by Crippen LogP contribution is -2.30. The van der Waals surface area contributed by atoms with E-state index in [4.69, 9.17) is 9.47 Å². The van der Waals surface area contributed by atoms with Crippen LogP contribution in [0.3, 0.4) is 0 Å². The minimum Gasteiger partial charge on any atom is -0.494 e. The lowest BCUT2D eigenvalue weighted by Gasteiger charge is -2.14. The molecule has 1 N–H and O–H groups in total. The number of nitrogens with zero attached hydrogens (tertiary/aromatic N) is 1. The molecule has 0 bridgehead atoms. The number of rotatable bonds is 6. The highest BCUT2D eigenvalue weighted by atomic mass is 32.1. The Morgan fingerprint density at radius 2 is 2.00 bits per heavy atom. The van der Waals surface area contributed by atoms with Gasteiger partial charge in [-0.3, -0.25) is 14.9 Å². The second-order valence-electron chi connectivity index (χ2n) is 6.44. The van der Waals surface area contributed by atoms with E-state index in [2.05, 4.69) is 5.32 Å². The third kappa shape index (κ3) is 4.30. The van der Waals surface area contributed by atoms with Crippen molar-refractivity contribution in [3.63, 3.8) is 0 Å². The second kappa shape index (κ2) is 8.39. The van der Waals surface area contributed by atoms with Gasteiger partial charge in [0.25, 0.3) is 11.6 Å². The first-order chi connectivity index (χ1) is 13.4. The largest absolute Gasteiger partial charge is 0.494 e. The van der Waals surface area contributed by atoms with Crippen molar-refractivity contribution in [2.24, 2.45) is 0 Å². The highest BCUT2D eigenvalue weighted by Gasteiger charge is 2.24. The Kier molecular flexibility index (Phi) is 5.93. The normalized spacial score (nSPS) is 13.9. The molecular formula is C19H20N2O6S. The number of nitrogens with one attached hydrogen (secondary N) is 1. The first-order valence-corrected chi connectivity index (χ1v) is 9.66. The van der Waals surface area contributed by atoms with Crippen LogP contribution in [0.2, 0.25) is 0 Å². The Morgan fingerprint density at radius 1 is 1.25 bits per heavy atom. The average molecular weight is 404 g/mol. The number of non-ortho nitro benzene ring substituents is 1. The van der Waals surface area contributed by atoms with Gasteiger partial charge < -0.3 is 14.8 Å². The van der Waals surface area contributed by atoms with E-state index in [0.717, 1.165) is 25.7 Å². The minimum absolute atomic E-state index is 0.145. The number of benzene rings is 1. The first kappa shape index (κ1) is 19.8. The number of nitro benzene ring substituents is 1. The average Bonchev–Trinajstić information content (AvgIpc) is 3.12. The van der Waals surface area contributed by atoms with Crippen molar-refractivity contribution in [2.75, 3.05) is 12.4 Å². The van der Waals surface area contributed by atoms with E-state index < -0.39 is 22.9 Å². The summed E-state index contributed by atoms with van der Waals surface area (Å²) in [6.07, 6.45) is 3.15. The van der Waals surface area contributed by atoms with Crippen LogP contribution in [0.25, 0.3) is 0 Å². The van der Waals surface area contributed by atoms with Gasteiger partial charge in [-0.05, 0) is 50.3 Å². The summed E-state index contributed by atoms with van der Waals surface area (Å²) in [6.45, 7) is 1.47. The third-order valence-corrected chi connectivity index (χ3v) is 5.72. The Balaban J connectivity index is 1.65. The van der Waals surface area contributed by atoms with Gasteiger partial charge in [0.1, 0.15) is 10.6 Å². The number of hydrogen-bond donors (Lipinski definition) is 1. The standard InChI is InChI=1S/C19H20N2O6S/c1-11(27-19(23)17-9-12-5-3-4-6-16(12)28-17)18(22)20-14-8-7-13(21(24)25)10-15(14)26-2/h7-11H,3-6H2,1-2H3,(H,20,22)/t11-/m0/s1. The third-order valence-electron chi connectivity index (χ3n) is 4.50. The van der Waals surface area contributed by atoms with E-state index >= 15 is 0 Å². The van der Waals surface area contributed by atoms with Crippen molar-refractivity contribution >= 4 is 34.6 Å². The number of anilines is 1. The van der Waals surface area contributed by atoms with Crippen molar-refractivity contribution in [3.05, 3.63) is 49.7 Å². The van der Waals surface area contributed by atoms with Crippen molar-refractivity contribution < 1.29 is 24.0 Å². The molecule has 9 heteroatoms. The molecule has 8 nitrogen and oxygen atoms in total. The fraction of sp³-hybridized carbons (Fsp3) is 0.368. The maximum Gasteiger partial charge on any atom is 0.349 e. The van der Waals surface area contributed by atoms with Crippen molar-refractivity contribution in [1.29, 1.82) is 0 Å². The molecule has 1 aromatic carbocycles. The van der Waals surface area contributed by atoms with Gasteiger partial charge in [-0.2, -0.15) is 0 Å². The van der Waals surface area contributed by atoms with E-state index in [1.165, 1.54) is 54.0 Å². The van der Waals surface area contributed by atoms with Crippen molar-refractivity contribution in [2.45, 2.75) is 38.7 Å². The van der Waals surface area contributed by atoms with Crippen LogP contribution in [0, 0.1) is 10.1 Å². The van der Waals surface area contributed by atoms with E-state index in [1.807, 2.05) is 6.07 Å². The first-order valence-electron chi connectivity index (χ1n) is 8.85. The number of nitro groups is 1. The summed E-state index contributed by atoms with van der Waals surface area (Å²) in [7, 11) is 1.34. The van der Waals surface area contributed by atoms with Gasteiger partial charge in [0.05, 0.1) is 23.8 Å². The molecule has 0 fully saturated rings. The summed E-state index contributed by atoms with van der Waals surface area (Å²) in [5.74, 6) is -0.938. The van der Waals surface area contributed by atoms with Crippen LogP contribution in [0.5, 0.6) is 5.75 Å². The minimum atomic E-state index is -1.04. The molecule has 148 valence electrons. The van der Waals surface area contributed by atoms with Crippen LogP contribution >= 0.6 is 11.3 Å². The Hall–Kier alpha value is -2.94. The molecular weight excluding hydrogens is 384 g/mol. The zero-order valence-corrected chi connectivity index (χ0v) is 16.3. The predicted octanol–water partition coefficient (Wildman–Crippen LogP) is 3.73. The van der Waals surface area contributed by atoms with Crippen LogP contribution in [-0.4, -0.2) is 30.0 Å². The number of carbonyl (C=O) groups is 2. The fourth-order valence-electron chi connectivity index (χ4n) is 2.99. The van der Waals surface area contributed by atoms with E-state index in [-0.39, 0.29) is 17.1 Å². The number of esters is 1. The molecule has 1 aliphatic rings. The van der Waals surface area contributed by atoms with Crippen LogP contribution in [0.4, 0.5) is 11.4 Å². The Morgan fingerprint density at radius 3 is 2.68 bits per heavy atom. The fourth-order valence-corrected chi connectivity index (χ4v) is 4.13. The molecule has 1 aliphatic carbocycles. The topological polar surface area (TPSA) is 108 Å².